The minimum absolute atomic E-state index is 0.183. The number of pyridine rings is 1. The molecule has 0 aliphatic rings. The summed E-state index contributed by atoms with van der Waals surface area (Å²) < 4.78 is 13.2. The Hall–Kier alpha value is -1.78. The number of halogens is 1. The van der Waals surface area contributed by atoms with E-state index in [4.69, 9.17) is 5.73 Å². The van der Waals surface area contributed by atoms with Gasteiger partial charge in [-0.2, -0.15) is 0 Å². The van der Waals surface area contributed by atoms with E-state index >= 15 is 0 Å². The largest absolute Gasteiger partial charge is 0.330 e. The summed E-state index contributed by atoms with van der Waals surface area (Å²) >= 11 is 0. The molecule has 0 saturated carbocycles. The van der Waals surface area contributed by atoms with Crippen molar-refractivity contribution in [2.75, 3.05) is 26.7 Å². The summed E-state index contributed by atoms with van der Waals surface area (Å²) in [7, 11) is 2.11. The Morgan fingerprint density at radius 1 is 1.14 bits per heavy atom. The van der Waals surface area contributed by atoms with Gasteiger partial charge in [0.05, 0.1) is 0 Å². The summed E-state index contributed by atoms with van der Waals surface area (Å²) in [4.78, 5) is 6.77. The first kappa shape index (κ1) is 16.6. The maximum absolute atomic E-state index is 13.2. The molecule has 22 heavy (non-hydrogen) atoms. The van der Waals surface area contributed by atoms with E-state index < -0.39 is 0 Å². The molecule has 2 aromatic rings. The molecular weight excluding hydrogens is 277 g/mol. The van der Waals surface area contributed by atoms with E-state index in [1.54, 1.807) is 0 Å². The Bertz CT molecular complexity index is 542. The normalized spacial score (nSPS) is 12.5. The van der Waals surface area contributed by atoms with Crippen molar-refractivity contribution in [1.29, 1.82) is 0 Å². The van der Waals surface area contributed by atoms with Crippen molar-refractivity contribution in [1.82, 2.24) is 9.88 Å². The van der Waals surface area contributed by atoms with Gasteiger partial charge in [-0.3, -0.25) is 4.98 Å². The summed E-state index contributed by atoms with van der Waals surface area (Å²) in [6.07, 6.45) is 3.76. The standard InChI is InChI=1S/C18H24FN3/c1-22(13-4-11-20)14-10-17(18-5-2-3-12-21-18)15-6-8-16(19)9-7-15/h2-3,5-9,12,17H,4,10-11,13-14,20H2,1H3. The second-order valence-electron chi connectivity index (χ2n) is 5.59. The molecule has 3 nitrogen and oxygen atoms in total. The zero-order valence-corrected chi connectivity index (χ0v) is 13.1. The van der Waals surface area contributed by atoms with Gasteiger partial charge in [-0.1, -0.05) is 18.2 Å². The molecule has 0 radical (unpaired) electrons. The summed E-state index contributed by atoms with van der Waals surface area (Å²) in [6.45, 7) is 2.67. The summed E-state index contributed by atoms with van der Waals surface area (Å²) in [5, 5.41) is 0. The Balaban J connectivity index is 2.10. The van der Waals surface area contributed by atoms with Crippen LogP contribution < -0.4 is 5.73 Å². The molecule has 0 amide bonds. The Morgan fingerprint density at radius 3 is 2.55 bits per heavy atom. The summed E-state index contributed by atoms with van der Waals surface area (Å²) in [6, 6.07) is 12.7. The van der Waals surface area contributed by atoms with Crippen LogP contribution in [0.15, 0.2) is 48.7 Å². The molecule has 2 rings (SSSR count). The Labute approximate surface area is 132 Å². The van der Waals surface area contributed by atoms with Crippen molar-refractivity contribution in [2.45, 2.75) is 18.8 Å². The third-order valence-electron chi connectivity index (χ3n) is 3.86. The molecule has 118 valence electrons. The minimum Gasteiger partial charge on any atom is -0.330 e. The quantitative estimate of drug-likeness (QED) is 0.815. The number of nitrogens with two attached hydrogens (primary N) is 1. The SMILES string of the molecule is CN(CCCN)CCC(c1ccc(F)cc1)c1ccccn1. The molecule has 0 spiro atoms. The van der Waals surface area contributed by atoms with E-state index in [1.807, 2.05) is 36.5 Å². The van der Waals surface area contributed by atoms with Gasteiger partial charge in [0.2, 0.25) is 0 Å². The molecule has 1 atom stereocenters. The molecule has 0 aliphatic heterocycles. The number of rotatable bonds is 8. The van der Waals surface area contributed by atoms with Crippen LogP contribution in [-0.2, 0) is 0 Å². The van der Waals surface area contributed by atoms with E-state index in [1.165, 1.54) is 12.1 Å². The van der Waals surface area contributed by atoms with E-state index in [0.29, 0.717) is 6.54 Å². The first-order valence-corrected chi connectivity index (χ1v) is 7.75. The van der Waals surface area contributed by atoms with Crippen LogP contribution in [-0.4, -0.2) is 36.6 Å². The van der Waals surface area contributed by atoms with Crippen molar-refractivity contribution < 1.29 is 4.39 Å². The highest BCUT2D eigenvalue weighted by atomic mass is 19.1. The van der Waals surface area contributed by atoms with Gasteiger partial charge < -0.3 is 10.6 Å². The highest BCUT2D eigenvalue weighted by molar-refractivity contribution is 5.28. The second-order valence-corrected chi connectivity index (χ2v) is 5.59. The Morgan fingerprint density at radius 2 is 1.91 bits per heavy atom. The van der Waals surface area contributed by atoms with E-state index in [-0.39, 0.29) is 11.7 Å². The van der Waals surface area contributed by atoms with Gasteiger partial charge in [0.25, 0.3) is 0 Å². The summed E-state index contributed by atoms with van der Waals surface area (Å²) in [5.74, 6) is -0.0225. The first-order valence-electron chi connectivity index (χ1n) is 7.75. The van der Waals surface area contributed by atoms with Crippen LogP contribution in [0, 0.1) is 5.82 Å². The van der Waals surface area contributed by atoms with E-state index in [9.17, 15) is 4.39 Å². The highest BCUT2D eigenvalue weighted by Gasteiger charge is 2.16. The van der Waals surface area contributed by atoms with Crippen LogP contribution in [0.5, 0.6) is 0 Å². The predicted octanol–water partition coefficient (Wildman–Crippen LogP) is 3.02. The van der Waals surface area contributed by atoms with Gasteiger partial charge in [-0.25, -0.2) is 4.39 Å². The summed E-state index contributed by atoms with van der Waals surface area (Å²) in [5.41, 5.74) is 7.69. The number of hydrogen-bond donors (Lipinski definition) is 1. The fraction of sp³-hybridized carbons (Fsp3) is 0.389. The number of hydrogen-bond acceptors (Lipinski definition) is 3. The van der Waals surface area contributed by atoms with Crippen LogP contribution in [0.1, 0.15) is 30.0 Å². The molecule has 1 unspecified atom stereocenters. The maximum Gasteiger partial charge on any atom is 0.123 e. The number of nitrogens with zero attached hydrogens (tertiary/aromatic N) is 2. The fourth-order valence-electron chi connectivity index (χ4n) is 2.58. The van der Waals surface area contributed by atoms with Crippen LogP contribution in [0.4, 0.5) is 4.39 Å². The van der Waals surface area contributed by atoms with Gasteiger partial charge in [-0.15, -0.1) is 0 Å². The molecule has 2 N–H and O–H groups in total. The average Bonchev–Trinajstić information content (AvgIpc) is 2.55. The predicted molar refractivity (Wildman–Crippen MR) is 88.3 cm³/mol. The topological polar surface area (TPSA) is 42.1 Å². The molecule has 1 aromatic carbocycles. The molecule has 0 aliphatic carbocycles. The first-order chi connectivity index (χ1) is 10.7. The van der Waals surface area contributed by atoms with Gasteiger partial charge >= 0.3 is 0 Å². The van der Waals surface area contributed by atoms with Crippen LogP contribution in [0.2, 0.25) is 0 Å². The lowest BCUT2D eigenvalue weighted by Gasteiger charge is -2.22. The third-order valence-corrected chi connectivity index (χ3v) is 3.86. The maximum atomic E-state index is 13.2. The van der Waals surface area contributed by atoms with Crippen LogP contribution in [0.3, 0.4) is 0 Å². The van der Waals surface area contributed by atoms with E-state index in [0.717, 1.165) is 37.2 Å². The van der Waals surface area contributed by atoms with Crippen molar-refractivity contribution >= 4 is 0 Å². The van der Waals surface area contributed by atoms with Crippen molar-refractivity contribution in [3.05, 3.63) is 65.7 Å². The number of benzene rings is 1. The second kappa shape index (κ2) is 8.61. The zero-order chi connectivity index (χ0) is 15.8. The fourth-order valence-corrected chi connectivity index (χ4v) is 2.58. The molecule has 0 bridgehead atoms. The highest BCUT2D eigenvalue weighted by Crippen LogP contribution is 2.26. The lowest BCUT2D eigenvalue weighted by Crippen LogP contribution is -2.24. The van der Waals surface area contributed by atoms with Crippen LogP contribution >= 0.6 is 0 Å². The van der Waals surface area contributed by atoms with Crippen LogP contribution in [0.25, 0.3) is 0 Å². The Kier molecular flexibility index (Phi) is 6.49. The van der Waals surface area contributed by atoms with Crippen molar-refractivity contribution in [3.63, 3.8) is 0 Å². The van der Waals surface area contributed by atoms with Gasteiger partial charge in [0.15, 0.2) is 0 Å². The lowest BCUT2D eigenvalue weighted by atomic mass is 9.91. The molecular formula is C18H24FN3. The third kappa shape index (κ3) is 4.90. The molecule has 1 heterocycles. The van der Waals surface area contributed by atoms with Crippen molar-refractivity contribution in [2.24, 2.45) is 5.73 Å². The molecule has 1 aromatic heterocycles. The number of aromatic nitrogens is 1. The molecule has 0 saturated heterocycles. The average molecular weight is 301 g/mol. The lowest BCUT2D eigenvalue weighted by molar-refractivity contribution is 0.320. The van der Waals surface area contributed by atoms with Crippen molar-refractivity contribution in [3.8, 4) is 0 Å². The monoisotopic (exact) mass is 301 g/mol. The zero-order valence-electron chi connectivity index (χ0n) is 13.1. The molecule has 4 heteroatoms. The van der Waals surface area contributed by atoms with Gasteiger partial charge in [0, 0.05) is 17.8 Å². The van der Waals surface area contributed by atoms with Gasteiger partial charge in [0.1, 0.15) is 5.82 Å². The van der Waals surface area contributed by atoms with E-state index in [2.05, 4.69) is 16.9 Å². The van der Waals surface area contributed by atoms with Gasteiger partial charge in [-0.05, 0) is 69.4 Å². The minimum atomic E-state index is -0.205. The smallest absolute Gasteiger partial charge is 0.123 e. The molecule has 0 fully saturated rings.